The first-order valence-corrected chi connectivity index (χ1v) is 9.56. The highest BCUT2D eigenvalue weighted by Crippen LogP contribution is 2.44. The van der Waals surface area contributed by atoms with Crippen molar-refractivity contribution in [1.82, 2.24) is 0 Å². The van der Waals surface area contributed by atoms with Crippen molar-refractivity contribution in [2.24, 2.45) is 7.05 Å². The van der Waals surface area contributed by atoms with Gasteiger partial charge in [0.25, 0.3) is 0 Å². The molecule has 3 nitrogen and oxygen atoms in total. The van der Waals surface area contributed by atoms with Crippen LogP contribution >= 0.6 is 0 Å². The summed E-state index contributed by atoms with van der Waals surface area (Å²) >= 11 is 0. The van der Waals surface area contributed by atoms with Crippen LogP contribution in [-0.2, 0) is 7.05 Å². The average molecular weight is 375 g/mol. The van der Waals surface area contributed by atoms with E-state index in [-0.39, 0.29) is 0 Å². The lowest BCUT2D eigenvalue weighted by Crippen LogP contribution is -2.30. The molecule has 0 N–H and O–H groups in total. The van der Waals surface area contributed by atoms with Gasteiger partial charge >= 0.3 is 0 Å². The molecule has 5 aromatic rings. The van der Waals surface area contributed by atoms with E-state index in [1.54, 1.807) is 0 Å². The van der Waals surface area contributed by atoms with Crippen LogP contribution in [0.5, 0.6) is 0 Å². The molecule has 0 saturated heterocycles. The van der Waals surface area contributed by atoms with Crippen molar-refractivity contribution >= 4 is 27.6 Å². The Morgan fingerprint density at radius 1 is 0.828 bits per heavy atom. The molecule has 0 aliphatic carbocycles. The number of nitrogens with zero attached hydrogens (tertiary/aromatic N) is 2. The average Bonchev–Trinajstić information content (AvgIpc) is 3.13. The van der Waals surface area contributed by atoms with Crippen molar-refractivity contribution in [2.75, 3.05) is 0 Å². The Morgan fingerprint density at radius 2 is 1.55 bits per heavy atom. The van der Waals surface area contributed by atoms with Gasteiger partial charge in [-0.3, -0.25) is 0 Å². The van der Waals surface area contributed by atoms with Crippen molar-refractivity contribution in [3.05, 3.63) is 96.0 Å². The molecular formula is C26H19N2O+. The second kappa shape index (κ2) is 6.61. The summed E-state index contributed by atoms with van der Waals surface area (Å²) in [5, 5.41) is 2.01. The number of pyridine rings is 1. The molecule has 2 aromatic heterocycles. The highest BCUT2D eigenvalue weighted by molar-refractivity contribution is 6.14. The molecule has 138 valence electrons. The fraction of sp³-hybridized carbons (Fsp3) is 0.0769. The van der Waals surface area contributed by atoms with Gasteiger partial charge < -0.3 is 4.42 Å². The molecule has 0 bridgehead atoms. The fourth-order valence-electron chi connectivity index (χ4n) is 4.05. The number of hydrogen-bond acceptors (Lipinski definition) is 1. The number of benzene rings is 3. The molecule has 0 aliphatic rings. The highest BCUT2D eigenvalue weighted by atomic mass is 16.3. The van der Waals surface area contributed by atoms with E-state index in [0.717, 1.165) is 44.3 Å². The van der Waals surface area contributed by atoms with Crippen LogP contribution in [0.2, 0.25) is 0 Å². The topological polar surface area (TPSA) is 21.4 Å². The van der Waals surface area contributed by atoms with Crippen LogP contribution in [0.15, 0.2) is 83.4 Å². The molecule has 0 unspecified atom stereocenters. The Labute approximate surface area is 169 Å². The van der Waals surface area contributed by atoms with Gasteiger partial charge in [0, 0.05) is 22.9 Å². The first kappa shape index (κ1) is 17.2. The highest BCUT2D eigenvalue weighted by Gasteiger charge is 2.22. The van der Waals surface area contributed by atoms with E-state index in [1.165, 1.54) is 0 Å². The molecule has 0 atom stereocenters. The summed E-state index contributed by atoms with van der Waals surface area (Å²) in [7, 11) is 2.04. The molecule has 2 heterocycles. The van der Waals surface area contributed by atoms with Gasteiger partial charge in [0.15, 0.2) is 6.20 Å². The van der Waals surface area contributed by atoms with Gasteiger partial charge in [-0.2, -0.15) is 0 Å². The van der Waals surface area contributed by atoms with Gasteiger partial charge in [0.2, 0.25) is 11.4 Å². The zero-order valence-corrected chi connectivity index (χ0v) is 16.3. The molecular weight excluding hydrogens is 356 g/mol. The molecule has 0 amide bonds. The standard InChI is InChI=1S/C26H19N2O/c1-17-12-13-20-21-15-14-19(18-9-5-4-6-10-18)24(27-2)26(21)29-25(20)23(17)22-11-7-8-16-28(22)3/h4-16H,1,3H3/q+1. The van der Waals surface area contributed by atoms with Gasteiger partial charge in [-0.25, -0.2) is 9.41 Å². The van der Waals surface area contributed by atoms with E-state index in [4.69, 9.17) is 11.0 Å². The lowest BCUT2D eigenvalue weighted by atomic mass is 9.98. The summed E-state index contributed by atoms with van der Waals surface area (Å²) < 4.78 is 8.53. The van der Waals surface area contributed by atoms with Crippen molar-refractivity contribution in [3.8, 4) is 22.4 Å². The molecule has 0 spiro atoms. The lowest BCUT2D eigenvalue weighted by molar-refractivity contribution is -0.660. The molecule has 5 rings (SSSR count). The largest absolute Gasteiger partial charge is 0.466 e. The van der Waals surface area contributed by atoms with E-state index in [9.17, 15) is 0 Å². The van der Waals surface area contributed by atoms with Gasteiger partial charge in [0.1, 0.15) is 18.2 Å². The molecule has 3 heteroatoms. The van der Waals surface area contributed by atoms with Crippen LogP contribution in [0, 0.1) is 13.5 Å². The third kappa shape index (κ3) is 2.61. The number of hydrogen-bond donors (Lipinski definition) is 0. The minimum Gasteiger partial charge on any atom is -0.466 e. The quantitative estimate of drug-likeness (QED) is 0.251. The number of aryl methyl sites for hydroxylation is 2. The fourth-order valence-corrected chi connectivity index (χ4v) is 4.05. The second-order valence-electron chi connectivity index (χ2n) is 7.25. The predicted molar refractivity (Wildman–Crippen MR) is 117 cm³/mol. The van der Waals surface area contributed by atoms with Gasteiger partial charge in [-0.1, -0.05) is 54.6 Å². The van der Waals surface area contributed by atoms with Gasteiger partial charge in [0.05, 0.1) is 12.1 Å². The van der Waals surface area contributed by atoms with Gasteiger partial charge in [-0.05, 0) is 29.7 Å². The number of rotatable bonds is 2. The zero-order chi connectivity index (χ0) is 20.0. The molecule has 0 fully saturated rings. The maximum Gasteiger partial charge on any atom is 0.237 e. The Bertz CT molecular complexity index is 1420. The molecule has 0 aliphatic heterocycles. The van der Waals surface area contributed by atoms with Crippen molar-refractivity contribution in [2.45, 2.75) is 6.92 Å². The minimum atomic E-state index is 0.561. The Kier molecular flexibility index (Phi) is 3.93. The molecule has 29 heavy (non-hydrogen) atoms. The summed E-state index contributed by atoms with van der Waals surface area (Å²) in [6.45, 7) is 9.94. The SMILES string of the molecule is [C-]#[N+]c1c(-c2ccccc2)ccc2c1oc1c(-c3cccc[n+]3C)c(C)ccc12. The molecule has 0 saturated carbocycles. The van der Waals surface area contributed by atoms with Crippen molar-refractivity contribution < 1.29 is 8.98 Å². The summed E-state index contributed by atoms with van der Waals surface area (Å²) in [4.78, 5) is 3.86. The first-order chi connectivity index (χ1) is 14.2. The lowest BCUT2D eigenvalue weighted by Gasteiger charge is -2.05. The van der Waals surface area contributed by atoms with Crippen LogP contribution in [0.3, 0.4) is 0 Å². The summed E-state index contributed by atoms with van der Waals surface area (Å²) in [6.07, 6.45) is 2.04. The molecule has 3 aromatic carbocycles. The summed E-state index contributed by atoms with van der Waals surface area (Å²) in [5.41, 5.74) is 7.26. The van der Waals surface area contributed by atoms with Crippen molar-refractivity contribution in [1.29, 1.82) is 0 Å². The summed E-state index contributed by atoms with van der Waals surface area (Å²) in [5.74, 6) is 0. The summed E-state index contributed by atoms with van der Waals surface area (Å²) in [6, 6.07) is 24.5. The number of aromatic nitrogens is 1. The van der Waals surface area contributed by atoms with E-state index in [0.29, 0.717) is 11.3 Å². The van der Waals surface area contributed by atoms with E-state index < -0.39 is 0 Å². The van der Waals surface area contributed by atoms with Crippen LogP contribution in [0.1, 0.15) is 5.56 Å². The maximum absolute atomic E-state index is 7.84. The second-order valence-corrected chi connectivity index (χ2v) is 7.25. The monoisotopic (exact) mass is 375 g/mol. The van der Waals surface area contributed by atoms with E-state index in [2.05, 4.69) is 40.6 Å². The Morgan fingerprint density at radius 3 is 2.31 bits per heavy atom. The van der Waals surface area contributed by atoms with E-state index >= 15 is 0 Å². The zero-order valence-electron chi connectivity index (χ0n) is 16.3. The van der Waals surface area contributed by atoms with Gasteiger partial charge in [-0.15, -0.1) is 0 Å². The minimum absolute atomic E-state index is 0.561. The predicted octanol–water partition coefficient (Wildman–Crippen LogP) is 6.60. The maximum atomic E-state index is 7.84. The third-order valence-corrected chi connectivity index (χ3v) is 5.50. The normalized spacial score (nSPS) is 11.1. The van der Waals surface area contributed by atoms with Crippen molar-refractivity contribution in [3.63, 3.8) is 0 Å². The van der Waals surface area contributed by atoms with Crippen LogP contribution in [0.4, 0.5) is 5.69 Å². The number of fused-ring (bicyclic) bond motifs is 3. The Hall–Kier alpha value is -3.90. The van der Waals surface area contributed by atoms with Crippen LogP contribution in [-0.4, -0.2) is 0 Å². The third-order valence-electron chi connectivity index (χ3n) is 5.50. The first-order valence-electron chi connectivity index (χ1n) is 9.56. The Balaban J connectivity index is 1.88. The van der Waals surface area contributed by atoms with Crippen LogP contribution in [0.25, 0.3) is 49.2 Å². The smallest absolute Gasteiger partial charge is 0.237 e. The molecule has 0 radical (unpaired) electrons. The number of furan rings is 1. The van der Waals surface area contributed by atoms with E-state index in [1.807, 2.05) is 61.8 Å². The van der Waals surface area contributed by atoms with Crippen LogP contribution < -0.4 is 4.57 Å².